The zero-order valence-corrected chi connectivity index (χ0v) is 14.3. The molecule has 1 atom stereocenters. The van der Waals surface area contributed by atoms with Crippen molar-refractivity contribution in [3.63, 3.8) is 0 Å². The van der Waals surface area contributed by atoms with Crippen LogP contribution in [0.4, 0.5) is 0 Å². The Labute approximate surface area is 143 Å². The predicted octanol–water partition coefficient (Wildman–Crippen LogP) is 2.07. The average molecular weight is 362 g/mol. The molecule has 0 aliphatic heterocycles. The van der Waals surface area contributed by atoms with Gasteiger partial charge in [-0.15, -0.1) is 23.7 Å². The first-order valence-electron chi connectivity index (χ1n) is 6.32. The molecule has 0 saturated carbocycles. The summed E-state index contributed by atoms with van der Waals surface area (Å²) in [5.74, 6) is -0.396. The Bertz CT molecular complexity index is 684. The number of nitrogens with two attached hydrogens (primary N) is 1. The molecule has 8 heteroatoms. The number of methoxy groups -OCH3 is 1. The molecular weight excluding hydrogens is 345 g/mol. The Morgan fingerprint density at radius 1 is 1.50 bits per heavy atom. The number of carbonyl (C=O) groups excluding carboxylic acids is 1. The first-order valence-corrected chi connectivity index (χ1v) is 7.58. The highest BCUT2D eigenvalue weighted by Crippen LogP contribution is 2.15. The lowest BCUT2D eigenvalue weighted by atomic mass is 10.2. The summed E-state index contributed by atoms with van der Waals surface area (Å²) in [6, 6.07) is 6.83. The Morgan fingerprint density at radius 3 is 2.91 bits per heavy atom. The predicted molar refractivity (Wildman–Crippen MR) is 90.5 cm³/mol. The quantitative estimate of drug-likeness (QED) is 0.885. The fourth-order valence-corrected chi connectivity index (χ4v) is 2.67. The second-order valence-corrected chi connectivity index (χ2v) is 5.70. The minimum Gasteiger partial charge on any atom is -0.383 e. The third-order valence-electron chi connectivity index (χ3n) is 2.83. The molecule has 2 aromatic rings. The molecule has 1 amide bonds. The maximum absolute atomic E-state index is 11.9. The lowest BCUT2D eigenvalue weighted by molar-refractivity contribution is -0.120. The highest BCUT2D eigenvalue weighted by molar-refractivity contribution is 7.07. The number of amides is 1. The van der Waals surface area contributed by atoms with E-state index in [1.165, 1.54) is 18.4 Å². The molecule has 120 valence electrons. The Balaban J connectivity index is 0.00000242. The topological polar surface area (TPSA) is 69.6 Å². The lowest BCUT2D eigenvalue weighted by Gasteiger charge is -2.06. The van der Waals surface area contributed by atoms with E-state index >= 15 is 0 Å². The molecule has 0 radical (unpaired) electrons. The molecular formula is C14H17Cl2N3O2S. The number of thiazole rings is 1. The van der Waals surface area contributed by atoms with Crippen LogP contribution in [0.25, 0.3) is 0 Å². The van der Waals surface area contributed by atoms with Gasteiger partial charge in [-0.05, 0) is 11.6 Å². The van der Waals surface area contributed by atoms with Crippen LogP contribution in [0.2, 0.25) is 5.02 Å². The molecule has 5 nitrogen and oxygen atoms in total. The maximum atomic E-state index is 11.9. The number of hydrogen-bond acceptors (Lipinski definition) is 4. The van der Waals surface area contributed by atoms with Crippen LogP contribution >= 0.6 is 35.3 Å². The van der Waals surface area contributed by atoms with Crippen molar-refractivity contribution in [2.75, 3.05) is 13.7 Å². The summed E-state index contributed by atoms with van der Waals surface area (Å²) in [6.07, 6.45) is 1.86. The molecule has 0 fully saturated rings. The van der Waals surface area contributed by atoms with Crippen LogP contribution in [0.1, 0.15) is 5.56 Å². The minimum atomic E-state index is -0.745. The normalized spacial score (nSPS) is 12.8. The first kappa shape index (κ1) is 18.9. The summed E-state index contributed by atoms with van der Waals surface area (Å²) in [4.78, 5) is 16.5. The molecule has 0 bridgehead atoms. The van der Waals surface area contributed by atoms with Gasteiger partial charge in [0.15, 0.2) is 4.80 Å². The van der Waals surface area contributed by atoms with Gasteiger partial charge >= 0.3 is 0 Å². The molecule has 22 heavy (non-hydrogen) atoms. The van der Waals surface area contributed by atoms with Crippen molar-refractivity contribution in [1.82, 2.24) is 4.57 Å². The number of hydrogen-bond donors (Lipinski definition) is 1. The summed E-state index contributed by atoms with van der Waals surface area (Å²) < 4.78 is 6.72. The summed E-state index contributed by atoms with van der Waals surface area (Å²) in [7, 11) is 1.50. The standard InChI is InChI=1S/C14H16ClN3O2S.ClH/c1-20-9-12(16)13(19)17-14-18(6-7-21-14)8-10-4-2-3-5-11(10)15;/h2-7,12H,8-9,16H2,1H3;1H. The van der Waals surface area contributed by atoms with Crippen LogP contribution in [0, 0.1) is 0 Å². The molecule has 1 heterocycles. The third-order valence-corrected chi connectivity index (χ3v) is 3.99. The zero-order chi connectivity index (χ0) is 15.2. The molecule has 0 aliphatic rings. The zero-order valence-electron chi connectivity index (χ0n) is 11.9. The van der Waals surface area contributed by atoms with Crippen LogP contribution in [0.5, 0.6) is 0 Å². The van der Waals surface area contributed by atoms with Crippen molar-refractivity contribution in [1.29, 1.82) is 0 Å². The van der Waals surface area contributed by atoms with Gasteiger partial charge < -0.3 is 15.0 Å². The molecule has 1 aromatic carbocycles. The molecule has 0 spiro atoms. The maximum Gasteiger partial charge on any atom is 0.267 e. The number of nitrogens with zero attached hydrogens (tertiary/aromatic N) is 2. The van der Waals surface area contributed by atoms with Crippen molar-refractivity contribution in [3.05, 3.63) is 51.2 Å². The van der Waals surface area contributed by atoms with Gasteiger partial charge in [-0.1, -0.05) is 29.8 Å². The van der Waals surface area contributed by atoms with Gasteiger partial charge in [0, 0.05) is 23.7 Å². The van der Waals surface area contributed by atoms with Crippen molar-refractivity contribution in [2.24, 2.45) is 10.7 Å². The Morgan fingerprint density at radius 2 is 2.23 bits per heavy atom. The van der Waals surface area contributed by atoms with Gasteiger partial charge in [0.1, 0.15) is 6.04 Å². The first-order chi connectivity index (χ1) is 10.1. The number of aromatic nitrogens is 1. The SMILES string of the molecule is COCC(N)C(=O)N=c1sccn1Cc1ccccc1Cl.Cl. The number of rotatable bonds is 5. The van der Waals surface area contributed by atoms with E-state index in [0.717, 1.165) is 5.56 Å². The average Bonchev–Trinajstić information content (AvgIpc) is 2.89. The van der Waals surface area contributed by atoms with E-state index in [0.29, 0.717) is 16.4 Å². The van der Waals surface area contributed by atoms with Gasteiger partial charge in [0.05, 0.1) is 13.2 Å². The number of ether oxygens (including phenoxy) is 1. The summed E-state index contributed by atoms with van der Waals surface area (Å²) >= 11 is 7.52. The second-order valence-electron chi connectivity index (χ2n) is 4.42. The molecule has 2 rings (SSSR count). The van der Waals surface area contributed by atoms with Gasteiger partial charge in [-0.25, -0.2) is 0 Å². The smallest absolute Gasteiger partial charge is 0.267 e. The van der Waals surface area contributed by atoms with Crippen molar-refractivity contribution in [3.8, 4) is 0 Å². The fourth-order valence-electron chi connectivity index (χ4n) is 1.75. The van der Waals surface area contributed by atoms with E-state index < -0.39 is 11.9 Å². The van der Waals surface area contributed by atoms with E-state index in [1.54, 1.807) is 0 Å². The molecule has 0 aliphatic carbocycles. The van der Waals surface area contributed by atoms with E-state index in [4.69, 9.17) is 22.1 Å². The van der Waals surface area contributed by atoms with E-state index in [9.17, 15) is 4.79 Å². The van der Waals surface area contributed by atoms with Crippen LogP contribution in [0.15, 0.2) is 40.8 Å². The van der Waals surface area contributed by atoms with Gasteiger partial charge in [-0.3, -0.25) is 4.79 Å². The third kappa shape index (κ3) is 4.93. The van der Waals surface area contributed by atoms with Crippen molar-refractivity contribution in [2.45, 2.75) is 12.6 Å². The van der Waals surface area contributed by atoms with E-state index in [2.05, 4.69) is 4.99 Å². The Hall–Kier alpha value is -1.18. The van der Waals surface area contributed by atoms with Crippen molar-refractivity contribution < 1.29 is 9.53 Å². The van der Waals surface area contributed by atoms with Gasteiger partial charge in [-0.2, -0.15) is 4.99 Å². The Kier molecular flexibility index (Phi) is 7.78. The number of benzene rings is 1. The highest BCUT2D eigenvalue weighted by Gasteiger charge is 2.12. The fraction of sp³-hybridized carbons (Fsp3) is 0.286. The van der Waals surface area contributed by atoms with Crippen LogP contribution in [-0.4, -0.2) is 30.2 Å². The molecule has 1 aromatic heterocycles. The van der Waals surface area contributed by atoms with E-state index in [-0.39, 0.29) is 19.0 Å². The summed E-state index contributed by atoms with van der Waals surface area (Å²) in [5.41, 5.74) is 6.64. The molecule has 0 saturated heterocycles. The van der Waals surface area contributed by atoms with Crippen LogP contribution < -0.4 is 10.5 Å². The van der Waals surface area contributed by atoms with Gasteiger partial charge in [0.25, 0.3) is 5.91 Å². The van der Waals surface area contributed by atoms with Crippen molar-refractivity contribution >= 4 is 41.3 Å². The minimum absolute atomic E-state index is 0. The summed E-state index contributed by atoms with van der Waals surface area (Å²) in [6.45, 7) is 0.701. The van der Waals surface area contributed by atoms with Crippen LogP contribution in [-0.2, 0) is 16.1 Å². The van der Waals surface area contributed by atoms with E-state index in [1.807, 2.05) is 40.4 Å². The molecule has 2 N–H and O–H groups in total. The molecule has 1 unspecified atom stereocenters. The number of carbonyl (C=O) groups is 1. The monoisotopic (exact) mass is 361 g/mol. The summed E-state index contributed by atoms with van der Waals surface area (Å²) in [5, 5.41) is 2.55. The largest absolute Gasteiger partial charge is 0.383 e. The lowest BCUT2D eigenvalue weighted by Crippen LogP contribution is -2.35. The highest BCUT2D eigenvalue weighted by atomic mass is 35.5. The number of halogens is 2. The van der Waals surface area contributed by atoms with Crippen LogP contribution in [0.3, 0.4) is 0 Å². The van der Waals surface area contributed by atoms with Gasteiger partial charge in [0.2, 0.25) is 0 Å². The second kappa shape index (κ2) is 9.07.